The highest BCUT2D eigenvalue weighted by atomic mass is 19.1. The number of benzene rings is 1. The first-order chi connectivity index (χ1) is 14.0. The summed E-state index contributed by atoms with van der Waals surface area (Å²) in [6.07, 6.45) is 1.41. The van der Waals surface area contributed by atoms with E-state index in [2.05, 4.69) is 9.88 Å². The van der Waals surface area contributed by atoms with Gasteiger partial charge in [-0.05, 0) is 30.7 Å². The average Bonchev–Trinajstić information content (AvgIpc) is 3.34. The number of fused-ring (bicyclic) bond motifs is 1. The van der Waals surface area contributed by atoms with Gasteiger partial charge in [-0.25, -0.2) is 8.78 Å². The molecule has 4 rings (SSSR count). The molecule has 1 amide bonds. The van der Waals surface area contributed by atoms with Crippen molar-refractivity contribution < 1.29 is 13.6 Å². The van der Waals surface area contributed by atoms with Gasteiger partial charge in [0.2, 0.25) is 5.91 Å². The quantitative estimate of drug-likeness (QED) is 0.790. The summed E-state index contributed by atoms with van der Waals surface area (Å²) in [6, 6.07) is 8.35. The second kappa shape index (κ2) is 7.91. The zero-order valence-electron chi connectivity index (χ0n) is 16.3. The number of likely N-dealkylation sites (N-methyl/N-ethyl adjacent to an activating group) is 1. The second-order valence-corrected chi connectivity index (χ2v) is 7.78. The van der Waals surface area contributed by atoms with Crippen molar-refractivity contribution in [1.29, 1.82) is 5.26 Å². The van der Waals surface area contributed by atoms with Gasteiger partial charge in [0.05, 0.1) is 19.2 Å². The number of halogens is 2. The van der Waals surface area contributed by atoms with Gasteiger partial charge in [0, 0.05) is 49.9 Å². The molecule has 2 fully saturated rings. The lowest BCUT2D eigenvalue weighted by Crippen LogP contribution is -2.43. The van der Waals surface area contributed by atoms with Crippen molar-refractivity contribution in [2.24, 2.45) is 0 Å². The molecule has 2 aliphatic heterocycles. The van der Waals surface area contributed by atoms with Crippen LogP contribution in [0.3, 0.4) is 0 Å². The van der Waals surface area contributed by atoms with E-state index in [0.29, 0.717) is 12.1 Å². The van der Waals surface area contributed by atoms with Crippen molar-refractivity contribution in [3.63, 3.8) is 0 Å². The first-order valence-corrected chi connectivity index (χ1v) is 9.79. The predicted octanol–water partition coefficient (Wildman–Crippen LogP) is 2.35. The Kier molecular flexibility index (Phi) is 5.33. The number of pyridine rings is 1. The van der Waals surface area contributed by atoms with Crippen LogP contribution in [0.15, 0.2) is 30.5 Å². The van der Waals surface area contributed by atoms with Crippen molar-refractivity contribution >= 4 is 22.5 Å². The summed E-state index contributed by atoms with van der Waals surface area (Å²) in [4.78, 5) is 22.2. The Balaban J connectivity index is 1.43. The first-order valence-electron chi connectivity index (χ1n) is 9.79. The number of hydrogen-bond donors (Lipinski definition) is 0. The molecule has 0 N–H and O–H groups in total. The maximum absolute atomic E-state index is 14.1. The van der Waals surface area contributed by atoms with E-state index in [1.807, 2.05) is 24.1 Å². The van der Waals surface area contributed by atoms with Crippen LogP contribution in [0.1, 0.15) is 12.8 Å². The molecule has 0 saturated carbocycles. The Hall–Kier alpha value is -2.79. The Bertz CT molecular complexity index is 962. The highest BCUT2D eigenvalue weighted by Gasteiger charge is 2.37. The van der Waals surface area contributed by atoms with E-state index < -0.39 is 12.2 Å². The van der Waals surface area contributed by atoms with Gasteiger partial charge in [-0.15, -0.1) is 0 Å². The Morgan fingerprint density at radius 1 is 1.38 bits per heavy atom. The summed E-state index contributed by atoms with van der Waals surface area (Å²) in [7, 11) is 1.97. The molecule has 2 aromatic rings. The summed E-state index contributed by atoms with van der Waals surface area (Å²) in [5.74, 6) is -0.545. The predicted molar refractivity (Wildman–Crippen MR) is 106 cm³/mol. The minimum atomic E-state index is -1.12. The van der Waals surface area contributed by atoms with Crippen molar-refractivity contribution in [3.05, 3.63) is 36.3 Å². The summed E-state index contributed by atoms with van der Waals surface area (Å²) >= 11 is 0. The molecule has 0 radical (unpaired) electrons. The summed E-state index contributed by atoms with van der Waals surface area (Å²) in [5.41, 5.74) is 1.25. The SMILES string of the molecule is CN(c1ccc(F)c2ncccc12)[C@H]1CCN(CC(=O)N2C[C@@H](F)CC2C#N)C1. The van der Waals surface area contributed by atoms with Crippen LogP contribution in [-0.4, -0.2) is 72.2 Å². The molecule has 0 aliphatic carbocycles. The number of carbonyl (C=O) groups is 1. The van der Waals surface area contributed by atoms with Gasteiger partial charge in [-0.1, -0.05) is 0 Å². The molecule has 1 unspecified atom stereocenters. The minimum absolute atomic E-state index is 0.00278. The van der Waals surface area contributed by atoms with Crippen LogP contribution in [0, 0.1) is 17.1 Å². The molecule has 8 heteroatoms. The average molecular weight is 399 g/mol. The molecule has 3 heterocycles. The van der Waals surface area contributed by atoms with Crippen LogP contribution < -0.4 is 4.90 Å². The fraction of sp³-hybridized carbons (Fsp3) is 0.476. The normalized spacial score (nSPS) is 24.8. The highest BCUT2D eigenvalue weighted by molar-refractivity contribution is 5.92. The molecule has 3 atom stereocenters. The zero-order chi connectivity index (χ0) is 20.5. The van der Waals surface area contributed by atoms with Crippen LogP contribution >= 0.6 is 0 Å². The van der Waals surface area contributed by atoms with Gasteiger partial charge in [0.25, 0.3) is 0 Å². The molecule has 6 nitrogen and oxygen atoms in total. The topological polar surface area (TPSA) is 63.5 Å². The number of nitriles is 1. The van der Waals surface area contributed by atoms with E-state index in [4.69, 9.17) is 5.26 Å². The van der Waals surface area contributed by atoms with E-state index in [1.54, 1.807) is 18.3 Å². The molecule has 152 valence electrons. The standard InChI is InChI=1S/C21H23F2N5O/c1-26(19-5-4-18(23)21-17(19)3-2-7-25-21)15-6-8-27(12-15)13-20(29)28-11-14(22)9-16(28)10-24/h2-5,7,14-16H,6,8-9,11-13H2,1H3/t14-,15-,16?/m0/s1. The Morgan fingerprint density at radius 2 is 2.21 bits per heavy atom. The summed E-state index contributed by atoms with van der Waals surface area (Å²) in [5, 5.41) is 9.91. The number of likely N-dealkylation sites (tertiary alicyclic amines) is 2. The molecule has 1 aromatic carbocycles. The van der Waals surface area contributed by atoms with E-state index >= 15 is 0 Å². The number of hydrogen-bond acceptors (Lipinski definition) is 5. The van der Waals surface area contributed by atoms with Crippen LogP contribution in [0.4, 0.5) is 14.5 Å². The maximum Gasteiger partial charge on any atom is 0.237 e. The van der Waals surface area contributed by atoms with Gasteiger partial charge in [0.15, 0.2) is 0 Å². The Morgan fingerprint density at radius 3 is 3.00 bits per heavy atom. The molecular formula is C21H23F2N5O. The van der Waals surface area contributed by atoms with Gasteiger partial charge < -0.3 is 9.80 Å². The molecule has 0 bridgehead atoms. The van der Waals surface area contributed by atoms with E-state index in [-0.39, 0.29) is 37.3 Å². The molecular weight excluding hydrogens is 376 g/mol. The highest BCUT2D eigenvalue weighted by Crippen LogP contribution is 2.30. The van der Waals surface area contributed by atoms with Gasteiger partial charge in [0.1, 0.15) is 23.5 Å². The van der Waals surface area contributed by atoms with Crippen LogP contribution in [-0.2, 0) is 4.79 Å². The van der Waals surface area contributed by atoms with E-state index in [0.717, 1.165) is 24.0 Å². The first kappa shape index (κ1) is 19.5. The van der Waals surface area contributed by atoms with Crippen molar-refractivity contribution in [3.8, 4) is 6.07 Å². The third-order valence-corrected chi connectivity index (χ3v) is 5.95. The monoisotopic (exact) mass is 399 g/mol. The number of carbonyl (C=O) groups excluding carboxylic acids is 1. The fourth-order valence-electron chi connectivity index (χ4n) is 4.36. The molecule has 2 saturated heterocycles. The van der Waals surface area contributed by atoms with Crippen molar-refractivity contribution in [2.75, 3.05) is 38.1 Å². The maximum atomic E-state index is 14.1. The lowest BCUT2D eigenvalue weighted by Gasteiger charge is -2.28. The lowest BCUT2D eigenvalue weighted by atomic mass is 10.1. The fourth-order valence-corrected chi connectivity index (χ4v) is 4.36. The minimum Gasteiger partial charge on any atom is -0.370 e. The van der Waals surface area contributed by atoms with Gasteiger partial charge in [-0.2, -0.15) is 5.26 Å². The van der Waals surface area contributed by atoms with Crippen molar-refractivity contribution in [2.45, 2.75) is 31.1 Å². The lowest BCUT2D eigenvalue weighted by molar-refractivity contribution is -0.132. The molecule has 29 heavy (non-hydrogen) atoms. The number of alkyl halides is 1. The van der Waals surface area contributed by atoms with E-state index in [1.165, 1.54) is 11.0 Å². The third-order valence-electron chi connectivity index (χ3n) is 5.95. The number of anilines is 1. The van der Waals surface area contributed by atoms with Crippen LogP contribution in [0.5, 0.6) is 0 Å². The van der Waals surface area contributed by atoms with Crippen LogP contribution in [0.2, 0.25) is 0 Å². The number of amides is 1. The van der Waals surface area contributed by atoms with Crippen molar-refractivity contribution in [1.82, 2.24) is 14.8 Å². The smallest absolute Gasteiger partial charge is 0.237 e. The summed E-state index contributed by atoms with van der Waals surface area (Å²) < 4.78 is 27.7. The molecule has 0 spiro atoms. The zero-order valence-corrected chi connectivity index (χ0v) is 16.3. The second-order valence-electron chi connectivity index (χ2n) is 7.78. The Labute approximate surface area is 168 Å². The van der Waals surface area contributed by atoms with Gasteiger partial charge in [-0.3, -0.25) is 14.7 Å². The van der Waals surface area contributed by atoms with Gasteiger partial charge >= 0.3 is 0 Å². The third kappa shape index (κ3) is 3.75. The number of nitrogens with zero attached hydrogens (tertiary/aromatic N) is 5. The largest absolute Gasteiger partial charge is 0.370 e. The number of rotatable bonds is 4. The molecule has 2 aliphatic rings. The van der Waals surface area contributed by atoms with E-state index in [9.17, 15) is 13.6 Å². The summed E-state index contributed by atoms with van der Waals surface area (Å²) in [6.45, 7) is 1.59. The number of aromatic nitrogens is 1. The molecule has 1 aromatic heterocycles. The van der Waals surface area contributed by atoms with Crippen LogP contribution in [0.25, 0.3) is 10.9 Å².